The van der Waals surface area contributed by atoms with Gasteiger partial charge in [-0.15, -0.1) is 0 Å². The van der Waals surface area contributed by atoms with E-state index in [0.717, 1.165) is 6.92 Å². The Hall–Kier alpha value is -3.38. The van der Waals surface area contributed by atoms with Crippen LogP contribution in [-0.4, -0.2) is 69.4 Å². The van der Waals surface area contributed by atoms with E-state index in [1.54, 1.807) is 0 Å². The summed E-state index contributed by atoms with van der Waals surface area (Å²) in [5, 5.41) is 21.7. The Morgan fingerprint density at radius 2 is 2.00 bits per heavy atom. The van der Waals surface area contributed by atoms with E-state index in [-0.39, 0.29) is 18.9 Å². The lowest BCUT2D eigenvalue weighted by Crippen LogP contribution is -2.58. The molecule has 0 aromatic carbocycles. The van der Waals surface area contributed by atoms with E-state index in [4.69, 9.17) is 22.0 Å². The number of nitrogens with two attached hydrogens (primary N) is 2. The fourth-order valence-corrected chi connectivity index (χ4v) is 2.42. The summed E-state index contributed by atoms with van der Waals surface area (Å²) in [6.45, 7) is 1.26. The van der Waals surface area contributed by atoms with Gasteiger partial charge in [0.05, 0.1) is 6.42 Å². The van der Waals surface area contributed by atoms with Crippen molar-refractivity contribution in [1.82, 2.24) is 20.7 Å². The summed E-state index contributed by atoms with van der Waals surface area (Å²) >= 11 is 0. The molecular weight excluding hydrogens is 350 g/mol. The van der Waals surface area contributed by atoms with Crippen molar-refractivity contribution in [1.29, 1.82) is 5.41 Å². The van der Waals surface area contributed by atoms with Crippen LogP contribution in [0.15, 0.2) is 0 Å². The number of hydrazine groups is 1. The summed E-state index contributed by atoms with van der Waals surface area (Å²) in [4.78, 5) is 59.0. The minimum atomic E-state index is -1.70. The van der Waals surface area contributed by atoms with E-state index in [9.17, 15) is 24.0 Å². The highest BCUT2D eigenvalue weighted by Crippen LogP contribution is 2.18. The van der Waals surface area contributed by atoms with Gasteiger partial charge < -0.3 is 27.2 Å². The number of carboxylic acid groups (broad SMARTS) is 1. The number of guanidine groups is 1. The number of hydrogen-bond acceptors (Lipinski definition) is 6. The van der Waals surface area contributed by atoms with Gasteiger partial charge in [0.25, 0.3) is 5.91 Å². The minimum absolute atomic E-state index is 0.174. The summed E-state index contributed by atoms with van der Waals surface area (Å²) < 4.78 is 0. The number of primary amides is 1. The molecule has 0 aromatic heterocycles. The Morgan fingerprint density at radius 1 is 1.38 bits per heavy atom. The van der Waals surface area contributed by atoms with Crippen LogP contribution in [0.25, 0.3) is 0 Å². The molecule has 0 radical (unpaired) electrons. The lowest BCUT2D eigenvalue weighted by atomic mass is 10.1. The van der Waals surface area contributed by atoms with Crippen molar-refractivity contribution in [2.45, 2.75) is 38.3 Å². The van der Waals surface area contributed by atoms with Crippen molar-refractivity contribution in [3.05, 3.63) is 0 Å². The van der Waals surface area contributed by atoms with Crippen LogP contribution in [0, 0.1) is 5.41 Å². The number of amides is 5. The molecule has 8 N–H and O–H groups in total. The number of imide groups is 1. The SMILES string of the molecule is CC(=O)N([C@@H](CC(=O)O)C(N)=O)N1C(=O)NC(CCCNC(=N)N)C1=O. The maximum atomic E-state index is 12.5. The third-order valence-electron chi connectivity index (χ3n) is 3.51. The Balaban J connectivity index is 2.94. The van der Waals surface area contributed by atoms with E-state index in [0.29, 0.717) is 16.4 Å². The molecule has 2 atom stereocenters. The molecule has 0 aromatic rings. The van der Waals surface area contributed by atoms with Crippen LogP contribution in [0.2, 0.25) is 0 Å². The van der Waals surface area contributed by atoms with Gasteiger partial charge in [-0.05, 0) is 12.8 Å². The second-order valence-corrected chi connectivity index (χ2v) is 5.51. The first kappa shape index (κ1) is 20.7. The van der Waals surface area contributed by atoms with Crippen molar-refractivity contribution < 1.29 is 29.1 Å². The van der Waals surface area contributed by atoms with Crippen molar-refractivity contribution in [2.24, 2.45) is 11.5 Å². The molecule has 1 saturated heterocycles. The number of nitrogens with one attached hydrogen (secondary N) is 3. The quantitative estimate of drug-likeness (QED) is 0.108. The summed E-state index contributed by atoms with van der Waals surface area (Å²) in [5.74, 6) is -4.55. The molecule has 5 amide bonds. The van der Waals surface area contributed by atoms with Crippen LogP contribution in [0.4, 0.5) is 4.79 Å². The lowest BCUT2D eigenvalue weighted by molar-refractivity contribution is -0.163. The fraction of sp³-hybridized carbons (Fsp3) is 0.538. The first-order valence-corrected chi connectivity index (χ1v) is 7.59. The molecule has 1 aliphatic rings. The summed E-state index contributed by atoms with van der Waals surface area (Å²) in [7, 11) is 0. The zero-order valence-electron chi connectivity index (χ0n) is 14.0. The van der Waals surface area contributed by atoms with Crippen molar-refractivity contribution in [3.8, 4) is 0 Å². The van der Waals surface area contributed by atoms with Gasteiger partial charge in [-0.3, -0.25) is 24.6 Å². The van der Waals surface area contributed by atoms with Gasteiger partial charge in [-0.1, -0.05) is 0 Å². The number of rotatable bonds is 9. The Morgan fingerprint density at radius 3 is 2.46 bits per heavy atom. The molecule has 0 aliphatic carbocycles. The molecule has 0 saturated carbocycles. The average Bonchev–Trinajstić information content (AvgIpc) is 2.77. The largest absolute Gasteiger partial charge is 0.481 e. The maximum Gasteiger partial charge on any atom is 0.344 e. The molecule has 0 bridgehead atoms. The summed E-state index contributed by atoms with van der Waals surface area (Å²) in [5.41, 5.74) is 10.3. The van der Waals surface area contributed by atoms with E-state index in [2.05, 4.69) is 10.6 Å². The number of carbonyl (C=O) groups excluding carboxylic acids is 4. The monoisotopic (exact) mass is 371 g/mol. The van der Waals surface area contributed by atoms with Gasteiger partial charge in [0, 0.05) is 13.5 Å². The second-order valence-electron chi connectivity index (χ2n) is 5.51. The Kier molecular flexibility index (Phi) is 6.87. The number of carboxylic acids is 1. The molecule has 0 spiro atoms. The van der Waals surface area contributed by atoms with Crippen LogP contribution in [-0.2, 0) is 19.2 Å². The highest BCUT2D eigenvalue weighted by atomic mass is 16.4. The topological polar surface area (TPSA) is 212 Å². The van der Waals surface area contributed by atoms with Gasteiger partial charge in [0.2, 0.25) is 11.8 Å². The standard InChI is InChI=1S/C13H21N7O6/c1-6(21)19(8(10(14)24)5-9(22)23)20-11(25)7(18-13(20)26)3-2-4-17-12(15)16/h7-8H,2-5H2,1H3,(H2,14,24)(H,18,26)(H,22,23)(H4,15,16,17)/t7?,8-/m0/s1. The van der Waals surface area contributed by atoms with Crippen LogP contribution in [0.1, 0.15) is 26.2 Å². The molecule has 1 unspecified atom stereocenters. The van der Waals surface area contributed by atoms with Crippen LogP contribution >= 0.6 is 0 Å². The van der Waals surface area contributed by atoms with Gasteiger partial charge >= 0.3 is 12.0 Å². The predicted molar refractivity (Wildman–Crippen MR) is 86.1 cm³/mol. The third kappa shape index (κ3) is 5.06. The number of aliphatic carboxylic acids is 1. The minimum Gasteiger partial charge on any atom is -0.481 e. The van der Waals surface area contributed by atoms with Crippen molar-refractivity contribution >= 4 is 35.7 Å². The molecule has 144 valence electrons. The molecule has 13 nitrogen and oxygen atoms in total. The zero-order valence-corrected chi connectivity index (χ0v) is 14.0. The second kappa shape index (κ2) is 8.64. The third-order valence-corrected chi connectivity index (χ3v) is 3.51. The lowest BCUT2D eigenvalue weighted by Gasteiger charge is -2.32. The Bertz CT molecular complexity index is 636. The molecule has 1 aliphatic heterocycles. The van der Waals surface area contributed by atoms with E-state index < -0.39 is 48.2 Å². The molecule has 1 heterocycles. The van der Waals surface area contributed by atoms with Crippen LogP contribution in [0.3, 0.4) is 0 Å². The first-order valence-electron chi connectivity index (χ1n) is 7.59. The summed E-state index contributed by atoms with van der Waals surface area (Å²) in [6.07, 6.45) is -0.314. The van der Waals surface area contributed by atoms with E-state index in [1.165, 1.54) is 0 Å². The van der Waals surface area contributed by atoms with Crippen LogP contribution < -0.4 is 22.1 Å². The zero-order chi connectivity index (χ0) is 20.0. The fourth-order valence-electron chi connectivity index (χ4n) is 2.42. The van der Waals surface area contributed by atoms with Crippen molar-refractivity contribution in [2.75, 3.05) is 6.54 Å². The molecule has 1 rings (SSSR count). The molecule has 26 heavy (non-hydrogen) atoms. The Labute approximate surface area is 148 Å². The number of nitrogens with zero attached hydrogens (tertiary/aromatic N) is 2. The number of hydrogen-bond donors (Lipinski definition) is 6. The smallest absolute Gasteiger partial charge is 0.344 e. The van der Waals surface area contributed by atoms with Gasteiger partial charge in [-0.2, -0.15) is 5.01 Å². The first-order chi connectivity index (χ1) is 12.1. The maximum absolute atomic E-state index is 12.5. The highest BCUT2D eigenvalue weighted by Gasteiger charge is 2.46. The molecule has 1 fully saturated rings. The van der Waals surface area contributed by atoms with Gasteiger partial charge in [0.15, 0.2) is 5.96 Å². The van der Waals surface area contributed by atoms with E-state index >= 15 is 0 Å². The van der Waals surface area contributed by atoms with Crippen LogP contribution in [0.5, 0.6) is 0 Å². The van der Waals surface area contributed by atoms with Gasteiger partial charge in [0.1, 0.15) is 12.1 Å². The van der Waals surface area contributed by atoms with Gasteiger partial charge in [-0.25, -0.2) is 9.80 Å². The van der Waals surface area contributed by atoms with E-state index in [1.807, 2.05) is 0 Å². The molecule has 13 heteroatoms. The average molecular weight is 371 g/mol. The number of carbonyl (C=O) groups is 5. The normalized spacial score (nSPS) is 17.4. The van der Waals surface area contributed by atoms with Crippen molar-refractivity contribution in [3.63, 3.8) is 0 Å². The number of urea groups is 1. The molecular formula is C13H21N7O6. The summed E-state index contributed by atoms with van der Waals surface area (Å²) in [6, 6.07) is -3.64. The highest BCUT2D eigenvalue weighted by molar-refractivity contribution is 6.06. The predicted octanol–water partition coefficient (Wildman–Crippen LogP) is -2.74.